The van der Waals surface area contributed by atoms with Crippen LogP contribution in [0.15, 0.2) is 52.9 Å². The van der Waals surface area contributed by atoms with Gasteiger partial charge in [0.15, 0.2) is 11.5 Å². The molecule has 0 aliphatic carbocycles. The van der Waals surface area contributed by atoms with Crippen LogP contribution in [0.5, 0.6) is 11.5 Å². The molecule has 2 aromatic carbocycles. The zero-order chi connectivity index (χ0) is 17.6. The first-order chi connectivity index (χ1) is 12.2. The predicted octanol–water partition coefficient (Wildman–Crippen LogP) is 2.93. The highest BCUT2D eigenvalue weighted by atomic mass is 16.5. The monoisotopic (exact) mass is 339 g/mol. The van der Waals surface area contributed by atoms with E-state index in [1.807, 2.05) is 30.3 Å². The average molecular weight is 339 g/mol. The minimum Gasteiger partial charge on any atom is -0.493 e. The van der Waals surface area contributed by atoms with E-state index in [9.17, 15) is 4.79 Å². The van der Waals surface area contributed by atoms with Gasteiger partial charge in [-0.1, -0.05) is 35.4 Å². The minimum atomic E-state index is -0.379. The van der Waals surface area contributed by atoms with Gasteiger partial charge in [-0.15, -0.1) is 5.10 Å². The Morgan fingerprint density at radius 1 is 1.04 bits per heavy atom. The highest BCUT2D eigenvalue weighted by molar-refractivity contribution is 6.03. The fourth-order valence-corrected chi connectivity index (χ4v) is 2.29. The molecule has 0 radical (unpaired) electrons. The summed E-state index contributed by atoms with van der Waals surface area (Å²) in [4.78, 5) is 12.3. The van der Waals surface area contributed by atoms with Crippen LogP contribution in [0.25, 0.3) is 0 Å². The van der Waals surface area contributed by atoms with Crippen LogP contribution in [0.3, 0.4) is 0 Å². The number of hydrogen-bond donors (Lipinski definition) is 1. The molecule has 3 rings (SSSR count). The van der Waals surface area contributed by atoms with Crippen LogP contribution in [0.4, 0.5) is 6.01 Å². The Morgan fingerprint density at radius 3 is 2.52 bits per heavy atom. The van der Waals surface area contributed by atoms with Crippen LogP contribution >= 0.6 is 0 Å². The third kappa shape index (κ3) is 3.95. The van der Waals surface area contributed by atoms with E-state index in [2.05, 4.69) is 15.5 Å². The molecular weight excluding hydrogens is 322 g/mol. The molecular formula is C18H17N3O4. The molecule has 1 N–H and O–H groups in total. The summed E-state index contributed by atoms with van der Waals surface area (Å²) in [5.41, 5.74) is 1.43. The number of methoxy groups -OCH3 is 2. The van der Waals surface area contributed by atoms with Gasteiger partial charge in [-0.3, -0.25) is 10.1 Å². The van der Waals surface area contributed by atoms with Gasteiger partial charge in [-0.2, -0.15) is 0 Å². The van der Waals surface area contributed by atoms with Crippen molar-refractivity contribution in [2.24, 2.45) is 0 Å². The number of rotatable bonds is 6. The summed E-state index contributed by atoms with van der Waals surface area (Å²) in [6.07, 6.45) is 0.500. The highest BCUT2D eigenvalue weighted by Crippen LogP contribution is 2.27. The molecule has 0 bridgehead atoms. The number of ether oxygens (including phenoxy) is 2. The molecule has 0 unspecified atom stereocenters. The molecule has 128 valence electrons. The van der Waals surface area contributed by atoms with Crippen molar-refractivity contribution >= 4 is 11.9 Å². The fourth-order valence-electron chi connectivity index (χ4n) is 2.29. The molecule has 1 amide bonds. The van der Waals surface area contributed by atoms with Gasteiger partial charge in [0.1, 0.15) is 0 Å². The van der Waals surface area contributed by atoms with Gasteiger partial charge >= 0.3 is 6.01 Å². The number of carbonyl (C=O) groups excluding carboxylic acids is 1. The molecule has 0 fully saturated rings. The van der Waals surface area contributed by atoms with E-state index < -0.39 is 0 Å². The van der Waals surface area contributed by atoms with Gasteiger partial charge in [0.2, 0.25) is 5.89 Å². The van der Waals surface area contributed by atoms with E-state index in [1.165, 1.54) is 14.2 Å². The third-order valence-corrected chi connectivity index (χ3v) is 3.53. The lowest BCUT2D eigenvalue weighted by Gasteiger charge is -2.08. The fraction of sp³-hybridized carbons (Fsp3) is 0.167. The average Bonchev–Trinajstić information content (AvgIpc) is 3.08. The Labute approximate surface area is 144 Å². The van der Waals surface area contributed by atoms with E-state index in [-0.39, 0.29) is 11.9 Å². The first kappa shape index (κ1) is 16.5. The molecule has 0 saturated heterocycles. The maximum atomic E-state index is 12.3. The lowest BCUT2D eigenvalue weighted by atomic mass is 10.2. The molecule has 7 nitrogen and oxygen atoms in total. The van der Waals surface area contributed by atoms with E-state index in [1.54, 1.807) is 18.2 Å². The van der Waals surface area contributed by atoms with Gasteiger partial charge in [-0.25, -0.2) is 0 Å². The van der Waals surface area contributed by atoms with Crippen LogP contribution < -0.4 is 14.8 Å². The second kappa shape index (κ2) is 7.48. The second-order valence-corrected chi connectivity index (χ2v) is 5.19. The van der Waals surface area contributed by atoms with Crippen molar-refractivity contribution in [3.63, 3.8) is 0 Å². The van der Waals surface area contributed by atoms with Gasteiger partial charge in [0.25, 0.3) is 5.91 Å². The topological polar surface area (TPSA) is 86.5 Å². The van der Waals surface area contributed by atoms with Crippen LogP contribution in [-0.4, -0.2) is 30.3 Å². The van der Waals surface area contributed by atoms with Crippen LogP contribution in [-0.2, 0) is 6.42 Å². The van der Waals surface area contributed by atoms with Crippen molar-refractivity contribution in [3.8, 4) is 11.5 Å². The van der Waals surface area contributed by atoms with Crippen molar-refractivity contribution in [2.75, 3.05) is 19.5 Å². The van der Waals surface area contributed by atoms with E-state index in [0.29, 0.717) is 29.4 Å². The van der Waals surface area contributed by atoms with Crippen LogP contribution in [0.2, 0.25) is 0 Å². The summed E-state index contributed by atoms with van der Waals surface area (Å²) in [6.45, 7) is 0. The van der Waals surface area contributed by atoms with Crippen molar-refractivity contribution in [1.82, 2.24) is 10.2 Å². The molecule has 3 aromatic rings. The molecule has 7 heteroatoms. The van der Waals surface area contributed by atoms with E-state index in [0.717, 1.165) is 5.56 Å². The van der Waals surface area contributed by atoms with Crippen LogP contribution in [0.1, 0.15) is 21.8 Å². The lowest BCUT2D eigenvalue weighted by molar-refractivity contribution is 0.102. The molecule has 1 aromatic heterocycles. The van der Waals surface area contributed by atoms with E-state index in [4.69, 9.17) is 13.9 Å². The Balaban J connectivity index is 1.69. The summed E-state index contributed by atoms with van der Waals surface area (Å²) < 4.78 is 15.8. The Bertz CT molecular complexity index is 862. The normalized spacial score (nSPS) is 10.3. The Hall–Kier alpha value is -3.35. The molecule has 0 aliphatic heterocycles. The lowest BCUT2D eigenvalue weighted by Crippen LogP contribution is -2.12. The first-order valence-electron chi connectivity index (χ1n) is 7.59. The van der Waals surface area contributed by atoms with Crippen molar-refractivity contribution in [3.05, 3.63) is 65.5 Å². The maximum Gasteiger partial charge on any atom is 0.322 e. The number of benzene rings is 2. The molecule has 25 heavy (non-hydrogen) atoms. The smallest absolute Gasteiger partial charge is 0.322 e. The van der Waals surface area contributed by atoms with E-state index >= 15 is 0 Å². The van der Waals surface area contributed by atoms with Crippen molar-refractivity contribution in [1.29, 1.82) is 0 Å². The van der Waals surface area contributed by atoms with Crippen molar-refractivity contribution in [2.45, 2.75) is 6.42 Å². The zero-order valence-corrected chi connectivity index (χ0v) is 13.9. The minimum absolute atomic E-state index is 0.0470. The molecule has 0 aliphatic rings. The van der Waals surface area contributed by atoms with Crippen LogP contribution in [0, 0.1) is 0 Å². The van der Waals surface area contributed by atoms with Crippen molar-refractivity contribution < 1.29 is 18.7 Å². The van der Waals surface area contributed by atoms with Gasteiger partial charge in [-0.05, 0) is 23.8 Å². The number of anilines is 1. The Morgan fingerprint density at radius 2 is 1.80 bits per heavy atom. The van der Waals surface area contributed by atoms with Gasteiger partial charge in [0.05, 0.1) is 20.6 Å². The first-order valence-corrected chi connectivity index (χ1v) is 7.59. The summed E-state index contributed by atoms with van der Waals surface area (Å²) >= 11 is 0. The molecule has 1 heterocycles. The largest absolute Gasteiger partial charge is 0.493 e. The number of amides is 1. The zero-order valence-electron chi connectivity index (χ0n) is 13.9. The highest BCUT2D eigenvalue weighted by Gasteiger charge is 2.14. The molecule has 0 saturated carbocycles. The summed E-state index contributed by atoms with van der Waals surface area (Å²) in [6, 6.07) is 14.6. The summed E-state index contributed by atoms with van der Waals surface area (Å²) in [5.74, 6) is 1.05. The number of carbonyl (C=O) groups is 1. The Kier molecular flexibility index (Phi) is 4.94. The summed E-state index contributed by atoms with van der Waals surface area (Å²) in [5, 5.41) is 10.4. The molecule has 0 spiro atoms. The van der Waals surface area contributed by atoms with Gasteiger partial charge < -0.3 is 13.9 Å². The van der Waals surface area contributed by atoms with Gasteiger partial charge in [0, 0.05) is 5.56 Å². The summed E-state index contributed by atoms with van der Waals surface area (Å²) in [7, 11) is 3.04. The number of hydrogen-bond acceptors (Lipinski definition) is 6. The maximum absolute atomic E-state index is 12.3. The number of nitrogens with one attached hydrogen (secondary N) is 1. The second-order valence-electron chi connectivity index (χ2n) is 5.19. The quantitative estimate of drug-likeness (QED) is 0.743. The SMILES string of the molecule is COc1ccc(C(=O)Nc2nnc(Cc3ccccc3)o2)cc1OC. The molecule has 0 atom stereocenters. The standard InChI is InChI=1S/C18H17N3O4/c1-23-14-9-8-13(11-15(14)24-2)17(22)19-18-21-20-16(25-18)10-12-6-4-3-5-7-12/h3-9,11H,10H2,1-2H3,(H,19,21,22). The number of aromatic nitrogens is 2. The number of nitrogens with zero attached hydrogens (tertiary/aromatic N) is 2. The third-order valence-electron chi connectivity index (χ3n) is 3.53. The predicted molar refractivity (Wildman–Crippen MR) is 91.0 cm³/mol.